The summed E-state index contributed by atoms with van der Waals surface area (Å²) in [5, 5.41) is 0. The van der Waals surface area contributed by atoms with E-state index in [-0.39, 0.29) is 15.8 Å². The summed E-state index contributed by atoms with van der Waals surface area (Å²) in [5.41, 5.74) is 2.71. The molecule has 1 aliphatic heterocycles. The Bertz CT molecular complexity index is 414. The van der Waals surface area contributed by atoms with Crippen molar-refractivity contribution in [2.45, 2.75) is 128 Å². The number of nitrogens with zero attached hydrogens (tertiary/aromatic N) is 2. The van der Waals surface area contributed by atoms with Crippen LogP contribution in [0, 0.1) is 0 Å². The molecule has 2 saturated carbocycles. The maximum absolute atomic E-state index is 2.97. The van der Waals surface area contributed by atoms with E-state index in [4.69, 9.17) is 0 Å². The van der Waals surface area contributed by atoms with Crippen molar-refractivity contribution in [1.82, 2.24) is 9.80 Å². The molecular formula is C24H48N2P2. The summed E-state index contributed by atoms with van der Waals surface area (Å²) >= 11 is 0. The monoisotopic (exact) mass is 426 g/mol. The molecular weight excluding hydrogens is 378 g/mol. The quantitative estimate of drug-likeness (QED) is 0.418. The predicted octanol–water partition coefficient (Wildman–Crippen LogP) is 7.66. The molecule has 0 atom stereocenters. The minimum absolute atomic E-state index is 0.0850. The molecule has 0 aromatic heterocycles. The van der Waals surface area contributed by atoms with Crippen molar-refractivity contribution in [3.05, 3.63) is 0 Å². The number of rotatable bonds is 2. The van der Waals surface area contributed by atoms with Crippen LogP contribution in [0.25, 0.3) is 0 Å². The lowest BCUT2D eigenvalue weighted by Crippen LogP contribution is -2.49. The van der Waals surface area contributed by atoms with Crippen molar-refractivity contribution in [2.24, 2.45) is 0 Å². The van der Waals surface area contributed by atoms with Crippen LogP contribution in [-0.2, 0) is 0 Å². The minimum atomic E-state index is 0.0850. The first-order valence-corrected chi connectivity index (χ1v) is 15.7. The first-order valence-electron chi connectivity index (χ1n) is 12.1. The van der Waals surface area contributed by atoms with Gasteiger partial charge in [0.1, 0.15) is 0 Å². The van der Waals surface area contributed by atoms with Crippen molar-refractivity contribution in [2.75, 3.05) is 25.1 Å². The summed E-state index contributed by atoms with van der Waals surface area (Å²) in [6.45, 7) is 14.9. The molecule has 3 rings (SSSR count). The largest absolute Gasteiger partial charge is 0.290 e. The highest BCUT2D eigenvalue weighted by Gasteiger charge is 2.39. The zero-order chi connectivity index (χ0) is 20.4. The fourth-order valence-electron chi connectivity index (χ4n) is 5.26. The molecule has 0 aromatic rings. The molecule has 0 N–H and O–H groups in total. The van der Waals surface area contributed by atoms with Gasteiger partial charge in [0.2, 0.25) is 0 Å². The van der Waals surface area contributed by atoms with E-state index in [0.717, 1.165) is 11.3 Å². The fraction of sp³-hybridized carbons (Fsp3) is 1.00. The van der Waals surface area contributed by atoms with E-state index in [9.17, 15) is 0 Å². The molecule has 0 aromatic carbocycles. The van der Waals surface area contributed by atoms with Gasteiger partial charge in [-0.3, -0.25) is 9.80 Å². The summed E-state index contributed by atoms with van der Waals surface area (Å²) in [5.74, 6) is 0. The summed E-state index contributed by atoms with van der Waals surface area (Å²) in [6, 6.07) is 0. The summed E-state index contributed by atoms with van der Waals surface area (Å²) in [6.07, 6.45) is 20.6. The second-order valence-electron chi connectivity index (χ2n) is 11.7. The van der Waals surface area contributed by atoms with Gasteiger partial charge in [-0.1, -0.05) is 54.4 Å². The van der Waals surface area contributed by atoms with Crippen molar-refractivity contribution >= 4 is 15.8 Å². The van der Waals surface area contributed by atoms with Gasteiger partial charge >= 0.3 is 0 Å². The molecule has 3 fully saturated rings. The molecule has 0 radical (unpaired) electrons. The molecule has 0 unspecified atom stereocenters. The van der Waals surface area contributed by atoms with E-state index in [1.807, 2.05) is 0 Å². The van der Waals surface area contributed by atoms with Gasteiger partial charge in [-0.15, -0.1) is 0 Å². The van der Waals surface area contributed by atoms with E-state index in [1.165, 1.54) is 89.4 Å². The summed E-state index contributed by atoms with van der Waals surface area (Å²) in [7, 11) is 0.170. The lowest BCUT2D eigenvalue weighted by Gasteiger charge is -2.51. The Hall–Kier alpha value is 0.780. The first kappa shape index (κ1) is 23.4. The Balaban J connectivity index is 1.83. The molecule has 0 spiro atoms. The van der Waals surface area contributed by atoms with E-state index < -0.39 is 0 Å². The van der Waals surface area contributed by atoms with Crippen molar-refractivity contribution in [3.8, 4) is 0 Å². The van der Waals surface area contributed by atoms with Crippen molar-refractivity contribution in [3.63, 3.8) is 0 Å². The standard InChI is InChI=1S/C24H48N2P2/c1-23(2,3)25-17-27(21-13-9-7-10-14-21)19-26(24(4,5)6)20-28(18-25)22-15-11-8-12-16-22/h21-22H,7-20H2,1-6H3. The van der Waals surface area contributed by atoms with Crippen LogP contribution in [-0.4, -0.2) is 57.3 Å². The van der Waals surface area contributed by atoms with E-state index in [0.29, 0.717) is 11.1 Å². The Morgan fingerprint density at radius 2 is 0.786 bits per heavy atom. The predicted molar refractivity (Wildman–Crippen MR) is 130 cm³/mol. The highest BCUT2D eigenvalue weighted by Crippen LogP contribution is 2.57. The summed E-state index contributed by atoms with van der Waals surface area (Å²) < 4.78 is 0. The van der Waals surface area contributed by atoms with Gasteiger partial charge in [-0.2, -0.15) is 0 Å². The Labute approximate surface area is 179 Å². The molecule has 28 heavy (non-hydrogen) atoms. The Morgan fingerprint density at radius 3 is 1.04 bits per heavy atom. The average molecular weight is 427 g/mol. The van der Waals surface area contributed by atoms with E-state index >= 15 is 0 Å². The molecule has 1 heterocycles. The molecule has 4 heteroatoms. The van der Waals surface area contributed by atoms with Crippen molar-refractivity contribution in [1.29, 1.82) is 0 Å². The molecule has 164 valence electrons. The molecule has 0 amide bonds. The smallest absolute Gasteiger partial charge is 0.0207 e. The SMILES string of the molecule is CC(C)(C)N1CP(C2CCCCC2)CN(C(C)(C)C)CP(C2CCCCC2)C1. The lowest BCUT2D eigenvalue weighted by molar-refractivity contribution is 0.170. The Morgan fingerprint density at radius 1 is 0.500 bits per heavy atom. The maximum atomic E-state index is 2.97. The average Bonchev–Trinajstić information content (AvgIpc) is 2.61. The zero-order valence-corrected chi connectivity index (χ0v) is 21.6. The van der Waals surface area contributed by atoms with E-state index in [1.54, 1.807) is 0 Å². The maximum Gasteiger partial charge on any atom is 0.0207 e. The molecule has 3 aliphatic rings. The molecule has 2 nitrogen and oxygen atoms in total. The van der Waals surface area contributed by atoms with Gasteiger partial charge in [-0.25, -0.2) is 0 Å². The lowest BCUT2D eigenvalue weighted by atomic mass is 10.0. The fourth-order valence-corrected chi connectivity index (χ4v) is 12.7. The van der Waals surface area contributed by atoms with E-state index in [2.05, 4.69) is 51.3 Å². The van der Waals surface area contributed by atoms with Crippen molar-refractivity contribution < 1.29 is 0 Å². The highest BCUT2D eigenvalue weighted by atomic mass is 31.1. The second-order valence-corrected chi connectivity index (χ2v) is 16.7. The van der Waals surface area contributed by atoms with Gasteiger partial charge in [0, 0.05) is 36.2 Å². The minimum Gasteiger partial charge on any atom is -0.290 e. The van der Waals surface area contributed by atoms with Crippen LogP contribution >= 0.6 is 15.8 Å². The first-order chi connectivity index (χ1) is 13.1. The Kier molecular flexibility index (Phi) is 8.32. The van der Waals surface area contributed by atoms with Gasteiger partial charge in [0.15, 0.2) is 0 Å². The molecule has 0 bridgehead atoms. The highest BCUT2D eigenvalue weighted by molar-refractivity contribution is 7.60. The van der Waals surface area contributed by atoms with Crippen LogP contribution < -0.4 is 0 Å². The zero-order valence-electron chi connectivity index (χ0n) is 19.8. The normalized spacial score (nSPS) is 31.5. The van der Waals surface area contributed by atoms with Crippen LogP contribution in [0.15, 0.2) is 0 Å². The van der Waals surface area contributed by atoms with Crippen LogP contribution in [0.4, 0.5) is 0 Å². The van der Waals surface area contributed by atoms with Gasteiger partial charge in [0.25, 0.3) is 0 Å². The van der Waals surface area contributed by atoms with Crippen LogP contribution in [0.3, 0.4) is 0 Å². The van der Waals surface area contributed by atoms with Crippen LogP contribution in [0.2, 0.25) is 0 Å². The number of hydrogen-bond acceptors (Lipinski definition) is 2. The summed E-state index contributed by atoms with van der Waals surface area (Å²) in [4.78, 5) is 5.93. The van der Waals surface area contributed by atoms with Gasteiger partial charge in [0.05, 0.1) is 0 Å². The third kappa shape index (κ3) is 6.39. The third-order valence-electron chi connectivity index (χ3n) is 7.49. The number of hydrogen-bond donors (Lipinski definition) is 0. The van der Waals surface area contributed by atoms with Crippen LogP contribution in [0.5, 0.6) is 0 Å². The molecule has 1 saturated heterocycles. The topological polar surface area (TPSA) is 6.48 Å². The third-order valence-corrected chi connectivity index (χ3v) is 13.4. The van der Waals surface area contributed by atoms with Crippen LogP contribution in [0.1, 0.15) is 106 Å². The van der Waals surface area contributed by atoms with Gasteiger partial charge in [-0.05, 0) is 78.5 Å². The molecule has 2 aliphatic carbocycles. The second kappa shape index (κ2) is 9.94. The van der Waals surface area contributed by atoms with Gasteiger partial charge < -0.3 is 0 Å².